The number of nitrogens with zero attached hydrogens (tertiary/aromatic N) is 1. The van der Waals surface area contributed by atoms with Crippen LogP contribution in [-0.2, 0) is 16.1 Å². The van der Waals surface area contributed by atoms with E-state index in [0.29, 0.717) is 13.2 Å². The van der Waals surface area contributed by atoms with Crippen LogP contribution in [0.2, 0.25) is 0 Å². The Hall–Kier alpha value is -1.85. The van der Waals surface area contributed by atoms with Gasteiger partial charge in [0, 0.05) is 18.9 Å². The van der Waals surface area contributed by atoms with Crippen LogP contribution in [0.25, 0.3) is 11.4 Å². The minimum atomic E-state index is 0.279. The van der Waals surface area contributed by atoms with Gasteiger partial charge >= 0.3 is 0 Å². The first kappa shape index (κ1) is 12.2. The quantitative estimate of drug-likeness (QED) is 0.807. The first-order chi connectivity index (χ1) is 9.35. The highest BCUT2D eigenvalue weighted by Crippen LogP contribution is 2.21. The number of benzene rings is 1. The van der Waals surface area contributed by atoms with Gasteiger partial charge in [-0.2, -0.15) is 0 Å². The van der Waals surface area contributed by atoms with Crippen molar-refractivity contribution in [1.29, 1.82) is 0 Å². The summed E-state index contributed by atoms with van der Waals surface area (Å²) < 4.78 is 15.7. The third-order valence-electron chi connectivity index (χ3n) is 2.89. The van der Waals surface area contributed by atoms with E-state index >= 15 is 0 Å². The molecule has 1 fully saturated rings. The Morgan fingerprint density at radius 1 is 1.37 bits per heavy atom. The van der Waals surface area contributed by atoms with Crippen molar-refractivity contribution in [3.63, 3.8) is 0 Å². The lowest BCUT2D eigenvalue weighted by molar-refractivity contribution is 0.182. The first-order valence-electron chi connectivity index (χ1n) is 6.23. The molecule has 19 heavy (non-hydrogen) atoms. The van der Waals surface area contributed by atoms with Crippen LogP contribution in [0.4, 0.5) is 0 Å². The van der Waals surface area contributed by atoms with E-state index in [1.165, 1.54) is 0 Å². The van der Waals surface area contributed by atoms with Gasteiger partial charge in [0.25, 0.3) is 0 Å². The number of aromatic nitrogens is 2. The normalized spacial score (nSPS) is 17.4. The van der Waals surface area contributed by atoms with E-state index in [0.717, 1.165) is 29.4 Å². The largest absolute Gasteiger partial charge is 0.491 e. The lowest BCUT2D eigenvalue weighted by Gasteiger charge is -2.04. The lowest BCUT2D eigenvalue weighted by atomic mass is 10.2. The number of nitrogens with one attached hydrogen (secondary N) is 1. The number of hydrogen-bond donors (Lipinski definition) is 1. The number of hydrogen-bond acceptors (Lipinski definition) is 4. The molecule has 2 aromatic rings. The second-order valence-electron chi connectivity index (χ2n) is 4.46. The molecule has 0 radical (unpaired) electrons. The SMILES string of the molecule is COCc1c[nH]c(-c2ccc(OCC3CO3)cc2)n1. The van der Waals surface area contributed by atoms with E-state index in [-0.39, 0.29) is 6.10 Å². The Kier molecular flexibility index (Phi) is 3.48. The summed E-state index contributed by atoms with van der Waals surface area (Å²) in [5.74, 6) is 1.69. The maximum atomic E-state index is 5.59. The Morgan fingerprint density at radius 3 is 2.84 bits per heavy atom. The second-order valence-corrected chi connectivity index (χ2v) is 4.46. The molecule has 0 spiro atoms. The molecule has 2 heterocycles. The number of H-pyrrole nitrogens is 1. The molecule has 0 saturated carbocycles. The summed E-state index contributed by atoms with van der Waals surface area (Å²) >= 11 is 0. The van der Waals surface area contributed by atoms with Gasteiger partial charge in [0.1, 0.15) is 24.3 Å². The number of aromatic amines is 1. The summed E-state index contributed by atoms with van der Waals surface area (Å²) in [5.41, 5.74) is 1.92. The van der Waals surface area contributed by atoms with Crippen LogP contribution in [0.1, 0.15) is 5.69 Å². The van der Waals surface area contributed by atoms with Crippen molar-refractivity contribution >= 4 is 0 Å². The fourth-order valence-corrected chi connectivity index (χ4v) is 1.79. The number of imidazole rings is 1. The molecule has 5 nitrogen and oxygen atoms in total. The molecule has 1 saturated heterocycles. The van der Waals surface area contributed by atoms with Crippen molar-refractivity contribution in [2.45, 2.75) is 12.7 Å². The highest BCUT2D eigenvalue weighted by Gasteiger charge is 2.22. The Balaban J connectivity index is 1.66. The minimum Gasteiger partial charge on any atom is -0.491 e. The summed E-state index contributed by atoms with van der Waals surface area (Å²) in [6.45, 7) is 1.95. The van der Waals surface area contributed by atoms with Crippen LogP contribution in [0.5, 0.6) is 5.75 Å². The lowest BCUT2D eigenvalue weighted by Crippen LogP contribution is -2.03. The summed E-state index contributed by atoms with van der Waals surface area (Å²) in [5, 5.41) is 0. The van der Waals surface area contributed by atoms with E-state index in [2.05, 4.69) is 9.97 Å². The van der Waals surface area contributed by atoms with E-state index < -0.39 is 0 Å². The van der Waals surface area contributed by atoms with Gasteiger partial charge in [-0.1, -0.05) is 0 Å². The van der Waals surface area contributed by atoms with Crippen LogP contribution in [0, 0.1) is 0 Å². The standard InChI is InChI=1S/C14H16N2O3/c1-17-7-11-6-15-14(16-11)10-2-4-12(5-3-10)18-8-13-9-19-13/h2-6,13H,7-9H2,1H3,(H,15,16). The number of epoxide rings is 1. The van der Waals surface area contributed by atoms with Crippen LogP contribution in [0.15, 0.2) is 30.5 Å². The van der Waals surface area contributed by atoms with E-state index in [9.17, 15) is 0 Å². The molecule has 1 unspecified atom stereocenters. The molecule has 3 rings (SSSR count). The Bertz CT molecular complexity index is 532. The van der Waals surface area contributed by atoms with Crippen molar-refractivity contribution in [3.8, 4) is 17.1 Å². The average Bonchev–Trinajstić information content (AvgIpc) is 3.16. The molecule has 100 valence electrons. The van der Waals surface area contributed by atoms with E-state index in [1.807, 2.05) is 30.5 Å². The number of ether oxygens (including phenoxy) is 3. The maximum absolute atomic E-state index is 5.59. The molecule has 1 aromatic carbocycles. The Labute approximate surface area is 111 Å². The second kappa shape index (κ2) is 5.42. The molecule has 1 aromatic heterocycles. The first-order valence-corrected chi connectivity index (χ1v) is 6.23. The topological polar surface area (TPSA) is 59.7 Å². The molecular weight excluding hydrogens is 244 g/mol. The van der Waals surface area contributed by atoms with Gasteiger partial charge < -0.3 is 19.2 Å². The van der Waals surface area contributed by atoms with Crippen LogP contribution < -0.4 is 4.74 Å². The third-order valence-corrected chi connectivity index (χ3v) is 2.89. The fourth-order valence-electron chi connectivity index (χ4n) is 1.79. The molecular formula is C14H16N2O3. The van der Waals surface area contributed by atoms with Crippen molar-refractivity contribution in [2.75, 3.05) is 20.3 Å². The van der Waals surface area contributed by atoms with Gasteiger partial charge in [0.15, 0.2) is 0 Å². The predicted octanol–water partition coefficient (Wildman–Crippen LogP) is 2.00. The number of methoxy groups -OCH3 is 1. The summed E-state index contributed by atoms with van der Waals surface area (Å²) in [6.07, 6.45) is 2.13. The van der Waals surface area contributed by atoms with Crippen molar-refractivity contribution in [2.24, 2.45) is 0 Å². The smallest absolute Gasteiger partial charge is 0.137 e. The van der Waals surface area contributed by atoms with Crippen LogP contribution >= 0.6 is 0 Å². The summed E-state index contributed by atoms with van der Waals surface area (Å²) in [6, 6.07) is 7.85. The van der Waals surface area contributed by atoms with Gasteiger partial charge in [0.05, 0.1) is 18.9 Å². The van der Waals surface area contributed by atoms with E-state index in [1.54, 1.807) is 7.11 Å². The highest BCUT2D eigenvalue weighted by atomic mass is 16.6. The zero-order valence-corrected chi connectivity index (χ0v) is 10.8. The van der Waals surface area contributed by atoms with Gasteiger partial charge in [-0.3, -0.25) is 0 Å². The molecule has 1 N–H and O–H groups in total. The third kappa shape index (κ3) is 3.13. The number of rotatable bonds is 6. The fraction of sp³-hybridized carbons (Fsp3) is 0.357. The summed E-state index contributed by atoms with van der Waals surface area (Å²) in [7, 11) is 1.66. The van der Waals surface area contributed by atoms with Gasteiger partial charge in [0.2, 0.25) is 0 Å². The molecule has 5 heteroatoms. The molecule has 1 aliphatic heterocycles. The van der Waals surface area contributed by atoms with Crippen molar-refractivity contribution < 1.29 is 14.2 Å². The van der Waals surface area contributed by atoms with Crippen molar-refractivity contribution in [1.82, 2.24) is 9.97 Å². The average molecular weight is 260 g/mol. The van der Waals surface area contributed by atoms with Crippen LogP contribution in [-0.4, -0.2) is 36.4 Å². The minimum absolute atomic E-state index is 0.279. The Morgan fingerprint density at radius 2 is 2.16 bits per heavy atom. The van der Waals surface area contributed by atoms with E-state index in [4.69, 9.17) is 14.2 Å². The molecule has 1 atom stereocenters. The van der Waals surface area contributed by atoms with Crippen molar-refractivity contribution in [3.05, 3.63) is 36.2 Å². The molecule has 0 aliphatic carbocycles. The zero-order valence-electron chi connectivity index (χ0n) is 10.8. The van der Waals surface area contributed by atoms with Gasteiger partial charge in [-0.15, -0.1) is 0 Å². The molecule has 0 bridgehead atoms. The van der Waals surface area contributed by atoms with Crippen LogP contribution in [0.3, 0.4) is 0 Å². The zero-order chi connectivity index (χ0) is 13.1. The summed E-state index contributed by atoms with van der Waals surface area (Å²) in [4.78, 5) is 7.58. The highest BCUT2D eigenvalue weighted by molar-refractivity contribution is 5.56. The predicted molar refractivity (Wildman–Crippen MR) is 70.0 cm³/mol. The van der Waals surface area contributed by atoms with Gasteiger partial charge in [-0.05, 0) is 24.3 Å². The van der Waals surface area contributed by atoms with Gasteiger partial charge in [-0.25, -0.2) is 4.98 Å². The maximum Gasteiger partial charge on any atom is 0.137 e. The molecule has 1 aliphatic rings. The monoisotopic (exact) mass is 260 g/mol. The molecule has 0 amide bonds.